The van der Waals surface area contributed by atoms with E-state index in [1.54, 1.807) is 36.5 Å². The van der Waals surface area contributed by atoms with Gasteiger partial charge in [-0.05, 0) is 35.9 Å². The summed E-state index contributed by atoms with van der Waals surface area (Å²) in [6, 6.07) is 12.0. The molecule has 0 aliphatic carbocycles. The van der Waals surface area contributed by atoms with Gasteiger partial charge in [0.2, 0.25) is 5.75 Å². The topological polar surface area (TPSA) is 77.6 Å². The summed E-state index contributed by atoms with van der Waals surface area (Å²) in [6.45, 7) is 0. The summed E-state index contributed by atoms with van der Waals surface area (Å²) in [4.78, 5) is 27.7. The summed E-state index contributed by atoms with van der Waals surface area (Å²) in [7, 11) is 4.45. The Balaban J connectivity index is 2.13. The van der Waals surface area contributed by atoms with Crippen LogP contribution in [0.3, 0.4) is 0 Å². The molecule has 6 heteroatoms. The molecule has 3 rings (SSSR count). The Kier molecular flexibility index (Phi) is 5.26. The number of H-pyrrole nitrogens is 1. The number of hydrogen-bond acceptors (Lipinski definition) is 5. The van der Waals surface area contributed by atoms with Gasteiger partial charge < -0.3 is 19.2 Å². The summed E-state index contributed by atoms with van der Waals surface area (Å²) >= 11 is 0. The molecule has 1 heterocycles. The second kappa shape index (κ2) is 7.78. The van der Waals surface area contributed by atoms with Crippen LogP contribution in [0.15, 0.2) is 48.7 Å². The minimum atomic E-state index is -0.315. The molecule has 0 fully saturated rings. The van der Waals surface area contributed by atoms with Gasteiger partial charge in [-0.15, -0.1) is 0 Å². The average molecular weight is 365 g/mol. The fraction of sp³-hybridized carbons (Fsp3) is 0.143. The lowest BCUT2D eigenvalue weighted by atomic mass is 9.95. The van der Waals surface area contributed by atoms with E-state index in [0.29, 0.717) is 40.2 Å². The molecule has 0 amide bonds. The predicted octanol–water partition coefficient (Wildman–Crippen LogP) is 3.75. The van der Waals surface area contributed by atoms with Gasteiger partial charge >= 0.3 is 0 Å². The van der Waals surface area contributed by atoms with Gasteiger partial charge in [-0.2, -0.15) is 0 Å². The van der Waals surface area contributed by atoms with Crippen molar-refractivity contribution in [3.05, 3.63) is 65.4 Å². The van der Waals surface area contributed by atoms with Crippen LogP contribution in [-0.2, 0) is 0 Å². The monoisotopic (exact) mass is 365 g/mol. The number of nitrogens with one attached hydrogen (secondary N) is 1. The summed E-state index contributed by atoms with van der Waals surface area (Å²) in [5.74, 6) is 0.818. The summed E-state index contributed by atoms with van der Waals surface area (Å²) in [5.41, 5.74) is 2.60. The molecule has 0 saturated heterocycles. The van der Waals surface area contributed by atoms with Gasteiger partial charge in [0.25, 0.3) is 0 Å². The van der Waals surface area contributed by atoms with Crippen LogP contribution in [0.2, 0.25) is 0 Å². The SMILES string of the molecule is COc1cc(C(=O)c2cc(-c3ccc[nH]3)ccc2C=O)cc(OC)c1OC. The smallest absolute Gasteiger partial charge is 0.203 e. The van der Waals surface area contributed by atoms with Crippen molar-refractivity contribution in [1.82, 2.24) is 4.98 Å². The van der Waals surface area contributed by atoms with Crippen LogP contribution in [0.4, 0.5) is 0 Å². The number of ether oxygens (including phenoxy) is 3. The normalized spacial score (nSPS) is 10.3. The molecule has 0 radical (unpaired) electrons. The van der Waals surface area contributed by atoms with Crippen molar-refractivity contribution in [2.75, 3.05) is 21.3 Å². The quantitative estimate of drug-likeness (QED) is 0.510. The fourth-order valence-electron chi connectivity index (χ4n) is 2.90. The maximum atomic E-state index is 13.2. The Morgan fingerprint density at radius 1 is 0.963 bits per heavy atom. The number of ketones is 1. The van der Waals surface area contributed by atoms with Crippen molar-refractivity contribution < 1.29 is 23.8 Å². The number of carbonyl (C=O) groups is 2. The van der Waals surface area contributed by atoms with Crippen LogP contribution in [0.25, 0.3) is 11.3 Å². The Bertz CT molecular complexity index is 951. The van der Waals surface area contributed by atoms with Gasteiger partial charge in [0, 0.05) is 28.6 Å². The molecule has 2 aromatic carbocycles. The van der Waals surface area contributed by atoms with Gasteiger partial charge in [-0.3, -0.25) is 9.59 Å². The number of benzene rings is 2. The molecule has 0 saturated carbocycles. The van der Waals surface area contributed by atoms with Crippen molar-refractivity contribution in [3.63, 3.8) is 0 Å². The molecule has 0 aliphatic rings. The van der Waals surface area contributed by atoms with Gasteiger partial charge in [0.1, 0.15) is 0 Å². The lowest BCUT2D eigenvalue weighted by molar-refractivity contribution is 0.102. The molecule has 138 valence electrons. The largest absolute Gasteiger partial charge is 0.493 e. The lowest BCUT2D eigenvalue weighted by Gasteiger charge is -2.14. The molecule has 0 aliphatic heterocycles. The van der Waals surface area contributed by atoms with Crippen molar-refractivity contribution >= 4 is 12.1 Å². The van der Waals surface area contributed by atoms with E-state index < -0.39 is 0 Å². The van der Waals surface area contributed by atoms with Gasteiger partial charge in [0.15, 0.2) is 23.6 Å². The first-order valence-electron chi connectivity index (χ1n) is 8.20. The molecule has 0 unspecified atom stereocenters. The van der Waals surface area contributed by atoms with E-state index in [0.717, 1.165) is 11.3 Å². The van der Waals surface area contributed by atoms with Crippen molar-refractivity contribution in [3.8, 4) is 28.5 Å². The molecular weight excluding hydrogens is 346 g/mol. The maximum absolute atomic E-state index is 13.2. The minimum absolute atomic E-state index is 0.298. The van der Waals surface area contributed by atoms with Gasteiger partial charge in [0.05, 0.1) is 21.3 Å². The standard InChI is InChI=1S/C21H19NO5/c1-25-18-10-15(11-19(26-2)21(18)27-3)20(24)16-9-13(6-7-14(16)12-23)17-5-4-8-22-17/h4-12,22H,1-3H3. The molecule has 1 aromatic heterocycles. The first-order chi connectivity index (χ1) is 13.1. The minimum Gasteiger partial charge on any atom is -0.493 e. The van der Waals surface area contributed by atoms with E-state index in [4.69, 9.17) is 14.2 Å². The van der Waals surface area contributed by atoms with Gasteiger partial charge in [-0.25, -0.2) is 0 Å². The van der Waals surface area contributed by atoms with Crippen LogP contribution in [0.1, 0.15) is 26.3 Å². The van der Waals surface area contributed by atoms with E-state index in [-0.39, 0.29) is 5.78 Å². The van der Waals surface area contributed by atoms with E-state index >= 15 is 0 Å². The third-order valence-electron chi connectivity index (χ3n) is 4.26. The zero-order chi connectivity index (χ0) is 19.4. The van der Waals surface area contributed by atoms with Crippen LogP contribution >= 0.6 is 0 Å². The van der Waals surface area contributed by atoms with Crippen LogP contribution in [-0.4, -0.2) is 38.4 Å². The second-order valence-electron chi connectivity index (χ2n) is 5.75. The highest BCUT2D eigenvalue weighted by Crippen LogP contribution is 2.39. The first kappa shape index (κ1) is 18.3. The Morgan fingerprint density at radius 3 is 2.19 bits per heavy atom. The van der Waals surface area contributed by atoms with Crippen LogP contribution < -0.4 is 14.2 Å². The third-order valence-corrected chi connectivity index (χ3v) is 4.26. The molecule has 3 aromatic rings. The number of methoxy groups -OCH3 is 3. The summed E-state index contributed by atoms with van der Waals surface area (Å²) < 4.78 is 15.9. The van der Waals surface area contributed by atoms with Crippen molar-refractivity contribution in [1.29, 1.82) is 0 Å². The molecule has 6 nitrogen and oxygen atoms in total. The first-order valence-corrected chi connectivity index (χ1v) is 8.20. The number of carbonyl (C=O) groups excluding carboxylic acids is 2. The highest BCUT2D eigenvalue weighted by atomic mass is 16.5. The van der Waals surface area contributed by atoms with Gasteiger partial charge in [-0.1, -0.05) is 12.1 Å². The number of aromatic amines is 1. The fourth-order valence-corrected chi connectivity index (χ4v) is 2.90. The van der Waals surface area contributed by atoms with E-state index in [1.807, 2.05) is 12.1 Å². The maximum Gasteiger partial charge on any atom is 0.203 e. The average Bonchev–Trinajstić information content (AvgIpc) is 3.26. The highest BCUT2D eigenvalue weighted by molar-refractivity contribution is 6.13. The number of rotatable bonds is 7. The molecule has 0 atom stereocenters. The Hall–Kier alpha value is -3.54. The van der Waals surface area contributed by atoms with E-state index in [9.17, 15) is 9.59 Å². The van der Waals surface area contributed by atoms with Crippen molar-refractivity contribution in [2.45, 2.75) is 0 Å². The summed E-state index contributed by atoms with van der Waals surface area (Å²) in [6.07, 6.45) is 2.47. The number of aromatic nitrogens is 1. The Labute approximate surface area is 156 Å². The number of hydrogen-bond donors (Lipinski definition) is 1. The van der Waals surface area contributed by atoms with Crippen molar-refractivity contribution in [2.24, 2.45) is 0 Å². The third kappa shape index (κ3) is 3.42. The Morgan fingerprint density at radius 2 is 1.67 bits per heavy atom. The van der Waals surface area contributed by atoms with E-state index in [2.05, 4.69) is 4.98 Å². The zero-order valence-electron chi connectivity index (χ0n) is 15.2. The van der Waals surface area contributed by atoms with Crippen LogP contribution in [0, 0.1) is 0 Å². The summed E-state index contributed by atoms with van der Waals surface area (Å²) in [5, 5.41) is 0. The number of aldehydes is 1. The molecular formula is C21H19NO5. The molecule has 0 spiro atoms. The lowest BCUT2D eigenvalue weighted by Crippen LogP contribution is -2.07. The second-order valence-corrected chi connectivity index (χ2v) is 5.75. The predicted molar refractivity (Wildman–Crippen MR) is 101 cm³/mol. The molecule has 27 heavy (non-hydrogen) atoms. The van der Waals surface area contributed by atoms with E-state index in [1.165, 1.54) is 21.3 Å². The van der Waals surface area contributed by atoms with Crippen LogP contribution in [0.5, 0.6) is 17.2 Å². The molecule has 1 N–H and O–H groups in total. The highest BCUT2D eigenvalue weighted by Gasteiger charge is 2.20. The zero-order valence-corrected chi connectivity index (χ0v) is 15.2. The molecule has 0 bridgehead atoms.